The molecular weight excluding hydrogens is 242 g/mol. The number of hydrogen-bond acceptors (Lipinski definition) is 6. The lowest BCUT2D eigenvalue weighted by molar-refractivity contribution is -0.384. The summed E-state index contributed by atoms with van der Waals surface area (Å²) in [5.41, 5.74) is 10.7. The predicted molar refractivity (Wildman–Crippen MR) is 60.5 cm³/mol. The van der Waals surface area contributed by atoms with Crippen LogP contribution in [-0.2, 0) is 16.0 Å². The molecule has 0 saturated heterocycles. The molecule has 1 aromatic rings. The van der Waals surface area contributed by atoms with Gasteiger partial charge in [-0.25, -0.2) is 9.59 Å². The molecule has 4 N–H and O–H groups in total. The van der Waals surface area contributed by atoms with Crippen molar-refractivity contribution in [1.82, 2.24) is 0 Å². The van der Waals surface area contributed by atoms with Gasteiger partial charge in [-0.05, 0) is 12.0 Å². The van der Waals surface area contributed by atoms with Gasteiger partial charge in [-0.3, -0.25) is 10.1 Å². The Balaban J connectivity index is 2.64. The van der Waals surface area contributed by atoms with E-state index in [1.54, 1.807) is 0 Å². The number of nitro benzene ring substituents is 1. The van der Waals surface area contributed by atoms with Crippen molar-refractivity contribution < 1.29 is 19.2 Å². The van der Waals surface area contributed by atoms with Gasteiger partial charge in [0.2, 0.25) is 0 Å². The number of carbonyl (C=O) groups excluding carboxylic acids is 2. The van der Waals surface area contributed by atoms with Crippen molar-refractivity contribution in [2.45, 2.75) is 12.5 Å². The first-order chi connectivity index (χ1) is 8.40. The zero-order chi connectivity index (χ0) is 13.7. The average Bonchev–Trinajstić information content (AvgIpc) is 2.28. The SMILES string of the molecule is NC(=O)OC(=O)C(N)Cc1ccc([N+](=O)[O-])cc1. The number of amides is 1. The highest BCUT2D eigenvalue weighted by molar-refractivity contribution is 5.86. The molecule has 1 aromatic carbocycles. The maximum atomic E-state index is 11.2. The number of primary amides is 1. The van der Waals surface area contributed by atoms with Crippen molar-refractivity contribution in [3.8, 4) is 0 Å². The Labute approximate surface area is 102 Å². The average molecular weight is 253 g/mol. The summed E-state index contributed by atoms with van der Waals surface area (Å²) in [6.45, 7) is 0. The van der Waals surface area contributed by atoms with Crippen LogP contribution in [-0.4, -0.2) is 23.0 Å². The summed E-state index contributed by atoms with van der Waals surface area (Å²) in [6.07, 6.45) is -1.14. The summed E-state index contributed by atoms with van der Waals surface area (Å²) >= 11 is 0. The van der Waals surface area contributed by atoms with Gasteiger partial charge in [0.25, 0.3) is 5.69 Å². The monoisotopic (exact) mass is 253 g/mol. The number of non-ortho nitro benzene ring substituents is 1. The van der Waals surface area contributed by atoms with Crippen LogP contribution >= 0.6 is 0 Å². The Morgan fingerprint density at radius 2 is 1.89 bits per heavy atom. The van der Waals surface area contributed by atoms with Crippen molar-refractivity contribution in [2.24, 2.45) is 11.5 Å². The van der Waals surface area contributed by atoms with E-state index in [-0.39, 0.29) is 12.1 Å². The second-order valence-electron chi connectivity index (χ2n) is 3.47. The van der Waals surface area contributed by atoms with Crippen LogP contribution in [0.25, 0.3) is 0 Å². The number of carbonyl (C=O) groups is 2. The molecule has 1 rings (SSSR count). The van der Waals surface area contributed by atoms with Crippen LogP contribution in [0.5, 0.6) is 0 Å². The molecule has 0 aliphatic heterocycles. The maximum absolute atomic E-state index is 11.2. The third-order valence-corrected chi connectivity index (χ3v) is 2.11. The Morgan fingerprint density at radius 1 is 1.33 bits per heavy atom. The first-order valence-corrected chi connectivity index (χ1v) is 4.90. The fraction of sp³-hybridized carbons (Fsp3) is 0.200. The Kier molecular flexibility index (Phi) is 4.33. The van der Waals surface area contributed by atoms with Crippen molar-refractivity contribution in [3.05, 3.63) is 39.9 Å². The van der Waals surface area contributed by atoms with E-state index >= 15 is 0 Å². The fourth-order valence-corrected chi connectivity index (χ4v) is 1.27. The van der Waals surface area contributed by atoms with Crippen molar-refractivity contribution in [1.29, 1.82) is 0 Å². The molecule has 0 aromatic heterocycles. The summed E-state index contributed by atoms with van der Waals surface area (Å²) in [4.78, 5) is 31.4. The number of nitrogens with two attached hydrogens (primary N) is 2. The van der Waals surface area contributed by atoms with E-state index in [4.69, 9.17) is 5.73 Å². The van der Waals surface area contributed by atoms with E-state index in [1.165, 1.54) is 24.3 Å². The van der Waals surface area contributed by atoms with E-state index in [1.807, 2.05) is 0 Å². The van der Waals surface area contributed by atoms with E-state index in [0.717, 1.165) is 0 Å². The highest BCUT2D eigenvalue weighted by Crippen LogP contribution is 2.13. The lowest BCUT2D eigenvalue weighted by atomic mass is 10.1. The molecule has 1 amide bonds. The van der Waals surface area contributed by atoms with Gasteiger partial charge in [0, 0.05) is 12.1 Å². The molecule has 0 saturated carbocycles. The second kappa shape index (κ2) is 5.73. The van der Waals surface area contributed by atoms with Crippen LogP contribution in [0.15, 0.2) is 24.3 Å². The van der Waals surface area contributed by atoms with Gasteiger partial charge < -0.3 is 16.2 Å². The van der Waals surface area contributed by atoms with Crippen LogP contribution in [0, 0.1) is 10.1 Å². The van der Waals surface area contributed by atoms with Crippen LogP contribution in [0.4, 0.5) is 10.5 Å². The van der Waals surface area contributed by atoms with Gasteiger partial charge in [0.05, 0.1) is 4.92 Å². The van der Waals surface area contributed by atoms with Crippen molar-refractivity contribution >= 4 is 17.7 Å². The van der Waals surface area contributed by atoms with Gasteiger partial charge in [-0.2, -0.15) is 0 Å². The molecule has 96 valence electrons. The van der Waals surface area contributed by atoms with E-state index < -0.39 is 23.0 Å². The third kappa shape index (κ3) is 3.83. The minimum atomic E-state index is -1.22. The Morgan fingerprint density at radius 3 is 2.33 bits per heavy atom. The van der Waals surface area contributed by atoms with E-state index in [0.29, 0.717) is 5.56 Å². The molecule has 0 fully saturated rings. The maximum Gasteiger partial charge on any atom is 0.412 e. The second-order valence-corrected chi connectivity index (χ2v) is 3.47. The summed E-state index contributed by atoms with van der Waals surface area (Å²) in [5, 5.41) is 10.4. The quantitative estimate of drug-likeness (QED) is 0.337. The molecule has 8 nitrogen and oxygen atoms in total. The highest BCUT2D eigenvalue weighted by atomic mass is 16.6. The van der Waals surface area contributed by atoms with Gasteiger partial charge in [-0.1, -0.05) is 12.1 Å². The Bertz CT molecular complexity index is 471. The molecule has 0 aliphatic rings. The van der Waals surface area contributed by atoms with Crippen molar-refractivity contribution in [3.63, 3.8) is 0 Å². The number of nitro groups is 1. The molecule has 0 radical (unpaired) electrons. The number of rotatable bonds is 4. The summed E-state index contributed by atoms with van der Waals surface area (Å²) in [7, 11) is 0. The van der Waals surface area contributed by atoms with E-state index in [2.05, 4.69) is 10.5 Å². The summed E-state index contributed by atoms with van der Waals surface area (Å²) < 4.78 is 4.11. The van der Waals surface area contributed by atoms with Crippen molar-refractivity contribution in [2.75, 3.05) is 0 Å². The van der Waals surface area contributed by atoms with Gasteiger partial charge in [-0.15, -0.1) is 0 Å². The lowest BCUT2D eigenvalue weighted by Gasteiger charge is -2.08. The Hall–Kier alpha value is -2.48. The standard InChI is InChI=1S/C10H11N3O5/c11-8(9(14)18-10(12)15)5-6-1-3-7(4-2-6)13(16)17/h1-4,8H,5,11H2,(H2,12,15). The third-order valence-electron chi connectivity index (χ3n) is 2.11. The smallest absolute Gasteiger partial charge is 0.375 e. The molecular formula is C10H11N3O5. The number of benzene rings is 1. The van der Waals surface area contributed by atoms with Crippen LogP contribution in [0.1, 0.15) is 5.56 Å². The molecule has 0 spiro atoms. The predicted octanol–water partition coefficient (Wildman–Crippen LogP) is 0.0865. The van der Waals surface area contributed by atoms with Crippen LogP contribution in [0.3, 0.4) is 0 Å². The fourth-order valence-electron chi connectivity index (χ4n) is 1.27. The molecule has 0 heterocycles. The number of esters is 1. The molecule has 0 bridgehead atoms. The molecule has 8 heteroatoms. The van der Waals surface area contributed by atoms with Gasteiger partial charge in [0.15, 0.2) is 0 Å². The summed E-state index contributed by atoms with van der Waals surface area (Å²) in [5.74, 6) is -0.944. The summed E-state index contributed by atoms with van der Waals surface area (Å²) in [6, 6.07) is 4.47. The van der Waals surface area contributed by atoms with Crippen LogP contribution < -0.4 is 11.5 Å². The molecule has 0 aliphatic carbocycles. The topological polar surface area (TPSA) is 139 Å². The largest absolute Gasteiger partial charge is 0.412 e. The molecule has 1 unspecified atom stereocenters. The molecule has 1 atom stereocenters. The number of hydrogen-bond donors (Lipinski definition) is 2. The van der Waals surface area contributed by atoms with Gasteiger partial charge in [0.1, 0.15) is 6.04 Å². The van der Waals surface area contributed by atoms with E-state index in [9.17, 15) is 19.7 Å². The normalized spacial score (nSPS) is 11.6. The lowest BCUT2D eigenvalue weighted by Crippen LogP contribution is -2.36. The molecule has 18 heavy (non-hydrogen) atoms. The number of ether oxygens (including phenoxy) is 1. The zero-order valence-corrected chi connectivity index (χ0v) is 9.24. The minimum absolute atomic E-state index is 0.0629. The van der Waals surface area contributed by atoms with Crippen LogP contribution in [0.2, 0.25) is 0 Å². The van der Waals surface area contributed by atoms with Gasteiger partial charge >= 0.3 is 12.1 Å². The first kappa shape index (κ1) is 13.6. The zero-order valence-electron chi connectivity index (χ0n) is 9.24. The minimum Gasteiger partial charge on any atom is -0.375 e. The highest BCUT2D eigenvalue weighted by Gasteiger charge is 2.18. The first-order valence-electron chi connectivity index (χ1n) is 4.90. The number of nitrogens with zero attached hydrogens (tertiary/aromatic N) is 1.